The summed E-state index contributed by atoms with van der Waals surface area (Å²) in [6.07, 6.45) is 2.23. The molecule has 0 radical (unpaired) electrons. The highest BCUT2D eigenvalue weighted by Crippen LogP contribution is 2.28. The number of methoxy groups -OCH3 is 1. The number of unbranched alkanes of at least 4 members (excludes halogenated alkanes) is 1. The SMILES string of the molecule is COCCCCn1c(-c2ccccc2)cc2ccccc21. The summed E-state index contributed by atoms with van der Waals surface area (Å²) in [4.78, 5) is 0. The fourth-order valence-electron chi connectivity index (χ4n) is 2.82. The molecular formula is C19H21NO. The largest absolute Gasteiger partial charge is 0.385 e. The van der Waals surface area contributed by atoms with E-state index in [4.69, 9.17) is 4.74 Å². The molecule has 0 bridgehead atoms. The minimum Gasteiger partial charge on any atom is -0.385 e. The minimum atomic E-state index is 0.833. The standard InChI is InChI=1S/C19H21NO/c1-21-14-8-7-13-20-18-12-6-5-11-17(18)15-19(20)16-9-3-2-4-10-16/h2-6,9-12,15H,7-8,13-14H2,1H3. The van der Waals surface area contributed by atoms with E-state index in [1.54, 1.807) is 7.11 Å². The Balaban J connectivity index is 1.98. The van der Waals surface area contributed by atoms with Crippen molar-refractivity contribution in [3.05, 3.63) is 60.7 Å². The summed E-state index contributed by atoms with van der Waals surface area (Å²) in [5.74, 6) is 0. The molecule has 21 heavy (non-hydrogen) atoms. The van der Waals surface area contributed by atoms with Crippen LogP contribution in [-0.4, -0.2) is 18.3 Å². The van der Waals surface area contributed by atoms with Crippen molar-refractivity contribution in [1.29, 1.82) is 0 Å². The van der Waals surface area contributed by atoms with Gasteiger partial charge >= 0.3 is 0 Å². The maximum Gasteiger partial charge on any atom is 0.0491 e. The number of fused-ring (bicyclic) bond motifs is 1. The summed E-state index contributed by atoms with van der Waals surface area (Å²) in [6.45, 7) is 1.86. The van der Waals surface area contributed by atoms with Crippen LogP contribution in [0.5, 0.6) is 0 Å². The lowest BCUT2D eigenvalue weighted by molar-refractivity contribution is 0.191. The molecule has 3 aromatic rings. The Hall–Kier alpha value is -2.06. The van der Waals surface area contributed by atoms with Crippen molar-refractivity contribution in [3.8, 4) is 11.3 Å². The first-order valence-electron chi connectivity index (χ1n) is 7.53. The van der Waals surface area contributed by atoms with Gasteiger partial charge in [-0.25, -0.2) is 0 Å². The molecule has 3 rings (SSSR count). The van der Waals surface area contributed by atoms with Gasteiger partial charge in [0.15, 0.2) is 0 Å². The van der Waals surface area contributed by atoms with Crippen LogP contribution in [0.3, 0.4) is 0 Å². The third-order valence-corrected chi connectivity index (χ3v) is 3.86. The van der Waals surface area contributed by atoms with Crippen LogP contribution < -0.4 is 0 Å². The van der Waals surface area contributed by atoms with Crippen molar-refractivity contribution in [3.63, 3.8) is 0 Å². The van der Waals surface area contributed by atoms with Crippen molar-refractivity contribution in [2.24, 2.45) is 0 Å². The maximum atomic E-state index is 5.15. The van der Waals surface area contributed by atoms with Crippen molar-refractivity contribution in [1.82, 2.24) is 4.57 Å². The Bertz CT molecular complexity index is 700. The summed E-state index contributed by atoms with van der Waals surface area (Å²) in [7, 11) is 1.76. The van der Waals surface area contributed by atoms with E-state index >= 15 is 0 Å². The van der Waals surface area contributed by atoms with Gasteiger partial charge in [0.2, 0.25) is 0 Å². The van der Waals surface area contributed by atoms with E-state index in [1.807, 2.05) is 0 Å². The summed E-state index contributed by atoms with van der Waals surface area (Å²) in [5, 5.41) is 1.31. The van der Waals surface area contributed by atoms with Crippen molar-refractivity contribution >= 4 is 10.9 Å². The molecule has 0 amide bonds. The van der Waals surface area contributed by atoms with E-state index in [0.717, 1.165) is 26.0 Å². The molecule has 2 nitrogen and oxygen atoms in total. The quantitative estimate of drug-likeness (QED) is 0.595. The summed E-state index contributed by atoms with van der Waals surface area (Å²) in [5.41, 5.74) is 3.89. The summed E-state index contributed by atoms with van der Waals surface area (Å²) in [6, 6.07) is 21.5. The Morgan fingerprint density at radius 3 is 2.48 bits per heavy atom. The molecule has 2 heteroatoms. The topological polar surface area (TPSA) is 14.2 Å². The molecule has 0 fully saturated rings. The van der Waals surface area contributed by atoms with Gasteiger partial charge in [-0.05, 0) is 30.5 Å². The Kier molecular flexibility index (Phi) is 4.37. The predicted octanol–water partition coefficient (Wildman–Crippen LogP) is 4.73. The number of ether oxygens (including phenoxy) is 1. The monoisotopic (exact) mass is 279 g/mol. The number of hydrogen-bond acceptors (Lipinski definition) is 1. The van der Waals surface area contributed by atoms with Gasteiger partial charge in [-0.15, -0.1) is 0 Å². The second kappa shape index (κ2) is 6.59. The van der Waals surface area contributed by atoms with Crippen LogP contribution in [0.25, 0.3) is 22.2 Å². The van der Waals surface area contributed by atoms with Crippen molar-refractivity contribution in [2.45, 2.75) is 19.4 Å². The summed E-state index contributed by atoms with van der Waals surface area (Å²) >= 11 is 0. The van der Waals surface area contributed by atoms with E-state index < -0.39 is 0 Å². The van der Waals surface area contributed by atoms with E-state index in [9.17, 15) is 0 Å². The van der Waals surface area contributed by atoms with Gasteiger partial charge in [0.1, 0.15) is 0 Å². The minimum absolute atomic E-state index is 0.833. The fourth-order valence-corrected chi connectivity index (χ4v) is 2.82. The molecule has 0 unspecified atom stereocenters. The Morgan fingerprint density at radius 1 is 0.905 bits per heavy atom. The van der Waals surface area contributed by atoms with Gasteiger partial charge in [-0.2, -0.15) is 0 Å². The van der Waals surface area contributed by atoms with Crippen LogP contribution in [0.2, 0.25) is 0 Å². The average molecular weight is 279 g/mol. The maximum absolute atomic E-state index is 5.15. The lowest BCUT2D eigenvalue weighted by Crippen LogP contribution is -2.01. The molecular weight excluding hydrogens is 258 g/mol. The van der Waals surface area contributed by atoms with Crippen LogP contribution in [0.4, 0.5) is 0 Å². The average Bonchev–Trinajstić information content (AvgIpc) is 2.91. The second-order valence-corrected chi connectivity index (χ2v) is 5.31. The first kappa shape index (κ1) is 13.9. The van der Waals surface area contributed by atoms with Crippen molar-refractivity contribution < 1.29 is 4.74 Å². The zero-order valence-electron chi connectivity index (χ0n) is 12.5. The Morgan fingerprint density at radius 2 is 1.67 bits per heavy atom. The van der Waals surface area contributed by atoms with Crippen LogP contribution in [0.1, 0.15) is 12.8 Å². The molecule has 0 saturated carbocycles. The van der Waals surface area contributed by atoms with E-state index in [1.165, 1.54) is 22.2 Å². The highest BCUT2D eigenvalue weighted by molar-refractivity contribution is 5.87. The second-order valence-electron chi connectivity index (χ2n) is 5.31. The molecule has 0 atom stereocenters. The molecule has 0 saturated heterocycles. The van der Waals surface area contributed by atoms with E-state index in [2.05, 4.69) is 65.2 Å². The highest BCUT2D eigenvalue weighted by atomic mass is 16.5. The predicted molar refractivity (Wildman–Crippen MR) is 88.5 cm³/mol. The molecule has 0 aliphatic heterocycles. The van der Waals surface area contributed by atoms with Gasteiger partial charge < -0.3 is 9.30 Å². The first-order chi connectivity index (χ1) is 10.4. The number of hydrogen-bond donors (Lipinski definition) is 0. The summed E-state index contributed by atoms with van der Waals surface area (Å²) < 4.78 is 7.59. The van der Waals surface area contributed by atoms with E-state index in [-0.39, 0.29) is 0 Å². The number of nitrogens with zero attached hydrogens (tertiary/aromatic N) is 1. The molecule has 108 valence electrons. The zero-order chi connectivity index (χ0) is 14.5. The molecule has 0 spiro atoms. The molecule has 1 heterocycles. The third-order valence-electron chi connectivity index (χ3n) is 3.86. The number of para-hydroxylation sites is 1. The van der Waals surface area contributed by atoms with Crippen LogP contribution >= 0.6 is 0 Å². The number of aryl methyl sites for hydroxylation is 1. The van der Waals surface area contributed by atoms with Crippen LogP contribution in [0, 0.1) is 0 Å². The molecule has 1 aromatic heterocycles. The lowest BCUT2D eigenvalue weighted by atomic mass is 10.1. The van der Waals surface area contributed by atoms with Gasteiger partial charge in [0, 0.05) is 36.9 Å². The first-order valence-corrected chi connectivity index (χ1v) is 7.53. The number of benzene rings is 2. The third kappa shape index (κ3) is 3.01. The van der Waals surface area contributed by atoms with Crippen LogP contribution in [0.15, 0.2) is 60.7 Å². The highest BCUT2D eigenvalue weighted by Gasteiger charge is 2.09. The van der Waals surface area contributed by atoms with Gasteiger partial charge in [-0.1, -0.05) is 48.5 Å². The zero-order valence-corrected chi connectivity index (χ0v) is 12.5. The van der Waals surface area contributed by atoms with E-state index in [0.29, 0.717) is 0 Å². The van der Waals surface area contributed by atoms with Crippen LogP contribution in [-0.2, 0) is 11.3 Å². The fraction of sp³-hybridized carbons (Fsp3) is 0.263. The van der Waals surface area contributed by atoms with Gasteiger partial charge in [0.25, 0.3) is 0 Å². The number of aromatic nitrogens is 1. The molecule has 0 aliphatic rings. The molecule has 2 aromatic carbocycles. The molecule has 0 N–H and O–H groups in total. The lowest BCUT2D eigenvalue weighted by Gasteiger charge is -2.11. The Labute approximate surface area is 126 Å². The molecule has 0 aliphatic carbocycles. The van der Waals surface area contributed by atoms with Gasteiger partial charge in [0.05, 0.1) is 0 Å². The van der Waals surface area contributed by atoms with Crippen molar-refractivity contribution in [2.75, 3.05) is 13.7 Å². The van der Waals surface area contributed by atoms with Gasteiger partial charge in [-0.3, -0.25) is 0 Å². The number of rotatable bonds is 6. The normalized spacial score (nSPS) is 11.1. The smallest absolute Gasteiger partial charge is 0.0491 e.